The Hall–Kier alpha value is -0.330. The first-order valence-electron chi connectivity index (χ1n) is 1.69. The summed E-state index contributed by atoms with van der Waals surface area (Å²) in [5, 5.41) is -4.88. The number of rotatable bonds is 2. The van der Waals surface area contributed by atoms with Crippen LogP contribution in [0.5, 0.6) is 0 Å². The van der Waals surface area contributed by atoms with Crippen molar-refractivity contribution in [3.8, 4) is 0 Å². The third kappa shape index (κ3) is 1.81. The normalized spacial score (nSPS) is 13.1. The molecule has 9 heavy (non-hydrogen) atoms. The van der Waals surface area contributed by atoms with Crippen LogP contribution in [0, 0.1) is 0 Å². The summed E-state index contributed by atoms with van der Waals surface area (Å²) in [6, 6.07) is 0. The Labute approximate surface area is 49.4 Å². The Morgan fingerprint density at radius 2 is 1.56 bits per heavy atom. The molecule has 56 valence electrons. The van der Waals surface area contributed by atoms with Gasteiger partial charge in [0.25, 0.3) is 0 Å². The van der Waals surface area contributed by atoms with Gasteiger partial charge in [0, 0.05) is 0 Å². The van der Waals surface area contributed by atoms with Crippen molar-refractivity contribution in [1.82, 2.24) is 0 Å². The van der Waals surface area contributed by atoms with Gasteiger partial charge in [-0.25, -0.2) is 17.2 Å². The summed E-state index contributed by atoms with van der Waals surface area (Å²) in [7, 11) is -4.37. The number of halogens is 4. The van der Waals surface area contributed by atoms with E-state index in [4.69, 9.17) is 0 Å². The number of thiol groups is 1. The van der Waals surface area contributed by atoms with Gasteiger partial charge in [0.1, 0.15) is 0 Å². The molecule has 0 radical (unpaired) electrons. The predicted octanol–water partition coefficient (Wildman–Crippen LogP) is 0.456. The first kappa shape index (κ1) is 8.67. The summed E-state index contributed by atoms with van der Waals surface area (Å²) < 4.78 is 63.0. The first-order chi connectivity index (χ1) is 3.89. The molecule has 0 aromatic rings. The largest absolute Gasteiger partial charge is 0.401 e. The number of hydrogen-bond acceptors (Lipinski definition) is 2. The van der Waals surface area contributed by atoms with Crippen molar-refractivity contribution in [2.24, 2.45) is 0 Å². The molecule has 0 aliphatic carbocycles. The van der Waals surface area contributed by atoms with Gasteiger partial charge in [-0.05, 0) is 0 Å². The molecule has 0 bridgehead atoms. The lowest BCUT2D eigenvalue weighted by atomic mass is 10.7. The predicted molar refractivity (Wildman–Crippen MR) is 21.3 cm³/mol. The van der Waals surface area contributed by atoms with Crippen LogP contribution in [0.2, 0.25) is 0 Å². The molecule has 0 atom stereocenters. The van der Waals surface area contributed by atoms with Crippen molar-refractivity contribution >= 4 is 10.7 Å². The van der Waals surface area contributed by atoms with Gasteiger partial charge in [0.15, 0.2) is 0 Å². The second-order valence-electron chi connectivity index (χ2n) is 1.15. The molecule has 0 aliphatic rings. The van der Waals surface area contributed by atoms with Crippen LogP contribution in [-0.2, 0) is 10.7 Å². The molecular formula is C2H2F4O2S. The van der Waals surface area contributed by atoms with Crippen LogP contribution < -0.4 is 0 Å². The van der Waals surface area contributed by atoms with Crippen LogP contribution in [0.15, 0.2) is 0 Å². The van der Waals surface area contributed by atoms with Crippen LogP contribution in [-0.4, -0.2) is 20.1 Å². The van der Waals surface area contributed by atoms with Gasteiger partial charge in [0.05, 0.1) is 0 Å². The van der Waals surface area contributed by atoms with E-state index < -0.39 is 22.4 Å². The van der Waals surface area contributed by atoms with Gasteiger partial charge >= 0.3 is 11.7 Å². The van der Waals surface area contributed by atoms with Crippen molar-refractivity contribution in [1.29, 1.82) is 0 Å². The Bertz CT molecular complexity index is 154. The highest BCUT2D eigenvalue weighted by Crippen LogP contribution is 2.22. The molecule has 0 aliphatic heterocycles. The van der Waals surface area contributed by atoms with Crippen molar-refractivity contribution in [3.63, 3.8) is 0 Å². The second kappa shape index (κ2) is 2.51. The van der Waals surface area contributed by atoms with Crippen LogP contribution in [0.1, 0.15) is 0 Å². The molecule has 0 unspecified atom stereocenters. The molecule has 7 heteroatoms. The van der Waals surface area contributed by atoms with E-state index >= 15 is 0 Å². The highest BCUT2D eigenvalue weighted by atomic mass is 32.2. The highest BCUT2D eigenvalue weighted by molar-refractivity contribution is 7.73. The van der Waals surface area contributed by atoms with Crippen LogP contribution in [0.25, 0.3) is 0 Å². The third-order valence-electron chi connectivity index (χ3n) is 0.506. The summed E-state index contributed by atoms with van der Waals surface area (Å²) in [6.07, 6.45) is -4.14. The Morgan fingerprint density at radius 3 is 1.56 bits per heavy atom. The maximum atomic E-state index is 11.3. The molecule has 0 saturated heterocycles. The van der Waals surface area contributed by atoms with E-state index in [1.807, 2.05) is 0 Å². The topological polar surface area (TPSA) is 34.1 Å². The maximum absolute atomic E-state index is 11.3. The summed E-state index contributed by atoms with van der Waals surface area (Å²) in [6.45, 7) is 0. The molecule has 0 aromatic heterocycles. The summed E-state index contributed by atoms with van der Waals surface area (Å²) in [4.78, 5) is 0. The maximum Gasteiger partial charge on any atom is 0.401 e. The molecule has 2 nitrogen and oxygen atoms in total. The smallest absolute Gasteiger partial charge is 0.225 e. The summed E-state index contributed by atoms with van der Waals surface area (Å²) in [5.41, 5.74) is 0. The SMILES string of the molecule is O=[SH](=O)C(F)(F)C(F)F. The minimum atomic E-state index is -4.88. The molecule has 0 aromatic carbocycles. The fourth-order valence-corrected chi connectivity index (χ4v) is 0.239. The van der Waals surface area contributed by atoms with E-state index in [1.54, 1.807) is 0 Å². The van der Waals surface area contributed by atoms with E-state index in [1.165, 1.54) is 0 Å². The highest BCUT2D eigenvalue weighted by Gasteiger charge is 2.44. The zero-order valence-corrected chi connectivity index (χ0v) is 4.75. The number of hydrogen-bond donors (Lipinski definition) is 1. The average molecular weight is 166 g/mol. The second-order valence-corrected chi connectivity index (χ2v) is 2.26. The first-order valence-corrected chi connectivity index (χ1v) is 2.87. The molecule has 0 N–H and O–H groups in total. The zero-order valence-electron chi connectivity index (χ0n) is 3.85. The molecule has 0 spiro atoms. The molecule has 0 amide bonds. The van der Waals surface area contributed by atoms with E-state index in [0.29, 0.717) is 0 Å². The van der Waals surface area contributed by atoms with Gasteiger partial charge in [0.2, 0.25) is 10.7 Å². The minimum absolute atomic E-state index is 4.14. The van der Waals surface area contributed by atoms with E-state index in [0.717, 1.165) is 0 Å². The van der Waals surface area contributed by atoms with Gasteiger partial charge < -0.3 is 0 Å². The Balaban J connectivity index is 4.38. The molecule has 0 fully saturated rings. The lowest BCUT2D eigenvalue weighted by Crippen LogP contribution is -2.27. The van der Waals surface area contributed by atoms with Crippen LogP contribution in [0.3, 0.4) is 0 Å². The molecule has 0 rings (SSSR count). The monoisotopic (exact) mass is 166 g/mol. The van der Waals surface area contributed by atoms with E-state index in [9.17, 15) is 26.0 Å². The quantitative estimate of drug-likeness (QED) is 0.477. The Kier molecular flexibility index (Phi) is 2.41. The lowest BCUT2D eigenvalue weighted by molar-refractivity contribution is -0.0611. The van der Waals surface area contributed by atoms with Crippen molar-refractivity contribution in [3.05, 3.63) is 0 Å². The molecular weight excluding hydrogens is 164 g/mol. The van der Waals surface area contributed by atoms with Crippen LogP contribution in [0.4, 0.5) is 17.6 Å². The average Bonchev–Trinajstić information content (AvgIpc) is 1.65. The standard InChI is InChI=1S/C2H2F4O2S/c3-1(4)2(5,6)9(7)8/h1,9H. The third-order valence-corrected chi connectivity index (χ3v) is 1.19. The fraction of sp³-hybridized carbons (Fsp3) is 1.00. The fourth-order valence-electron chi connectivity index (χ4n) is 0.0797. The summed E-state index contributed by atoms with van der Waals surface area (Å²) in [5.74, 6) is 0. The van der Waals surface area contributed by atoms with Crippen LogP contribution >= 0.6 is 0 Å². The zero-order chi connectivity index (χ0) is 7.65. The molecule has 0 heterocycles. The minimum Gasteiger partial charge on any atom is -0.225 e. The summed E-state index contributed by atoms with van der Waals surface area (Å²) >= 11 is 0. The van der Waals surface area contributed by atoms with E-state index in [-0.39, 0.29) is 0 Å². The van der Waals surface area contributed by atoms with Gasteiger partial charge in [-0.3, -0.25) is 0 Å². The Morgan fingerprint density at radius 1 is 1.22 bits per heavy atom. The van der Waals surface area contributed by atoms with Crippen molar-refractivity contribution in [2.75, 3.05) is 0 Å². The lowest BCUT2D eigenvalue weighted by Gasteiger charge is -2.04. The number of alkyl halides is 4. The van der Waals surface area contributed by atoms with Crippen molar-refractivity contribution < 1.29 is 26.0 Å². The molecule has 0 saturated carbocycles. The van der Waals surface area contributed by atoms with Gasteiger partial charge in [-0.2, -0.15) is 8.78 Å². The van der Waals surface area contributed by atoms with Gasteiger partial charge in [-0.1, -0.05) is 0 Å². The van der Waals surface area contributed by atoms with E-state index in [2.05, 4.69) is 0 Å². The van der Waals surface area contributed by atoms with Crippen molar-refractivity contribution in [2.45, 2.75) is 11.7 Å². The van der Waals surface area contributed by atoms with Gasteiger partial charge in [-0.15, -0.1) is 0 Å².